The topological polar surface area (TPSA) is 75.2 Å². The molecule has 2 aromatic carbocycles. The molecular formula is C22H26N6O. The van der Waals surface area contributed by atoms with Crippen LogP contribution in [0.3, 0.4) is 0 Å². The number of para-hydroxylation sites is 2. The van der Waals surface area contributed by atoms with Crippen LogP contribution in [0.2, 0.25) is 0 Å². The summed E-state index contributed by atoms with van der Waals surface area (Å²) in [6.07, 6.45) is 1.62. The van der Waals surface area contributed by atoms with Crippen LogP contribution < -0.4 is 15.5 Å². The molecule has 1 aromatic heterocycles. The largest absolute Gasteiger partial charge is 0.378 e. The van der Waals surface area contributed by atoms with Gasteiger partial charge in [-0.15, -0.1) is 5.10 Å². The van der Waals surface area contributed by atoms with Gasteiger partial charge in [-0.2, -0.15) is 10.1 Å². The molecule has 2 N–H and O–H groups in total. The fraction of sp³-hybridized carbons (Fsp3) is 0.318. The molecule has 0 amide bonds. The Morgan fingerprint density at radius 1 is 0.966 bits per heavy atom. The summed E-state index contributed by atoms with van der Waals surface area (Å²) in [4.78, 5) is 6.87. The molecule has 0 bridgehead atoms. The van der Waals surface area contributed by atoms with E-state index in [-0.39, 0.29) is 0 Å². The maximum atomic E-state index is 5.47. The van der Waals surface area contributed by atoms with Crippen molar-refractivity contribution < 1.29 is 4.74 Å². The Kier molecular flexibility index (Phi) is 5.86. The minimum Gasteiger partial charge on any atom is -0.378 e. The quantitative estimate of drug-likeness (QED) is 0.649. The molecule has 1 fully saturated rings. The molecule has 150 valence electrons. The van der Waals surface area contributed by atoms with Crippen molar-refractivity contribution in [1.82, 2.24) is 15.2 Å². The normalized spacial score (nSPS) is 14.1. The van der Waals surface area contributed by atoms with Crippen LogP contribution in [0.5, 0.6) is 0 Å². The minimum absolute atomic E-state index is 0.453. The Morgan fingerprint density at radius 3 is 2.48 bits per heavy atom. The van der Waals surface area contributed by atoms with E-state index in [1.807, 2.05) is 18.2 Å². The zero-order chi connectivity index (χ0) is 20.1. The molecule has 2 heterocycles. The lowest BCUT2D eigenvalue weighted by molar-refractivity contribution is 0.123. The highest BCUT2D eigenvalue weighted by atomic mass is 16.5. The number of nitrogens with one attached hydrogen (secondary N) is 2. The van der Waals surface area contributed by atoms with Gasteiger partial charge in [-0.3, -0.25) is 0 Å². The Morgan fingerprint density at radius 2 is 1.72 bits per heavy atom. The predicted molar refractivity (Wildman–Crippen MR) is 116 cm³/mol. The minimum atomic E-state index is 0.453. The van der Waals surface area contributed by atoms with E-state index in [0.29, 0.717) is 17.7 Å². The van der Waals surface area contributed by atoms with Crippen LogP contribution in [0.1, 0.15) is 25.3 Å². The molecule has 3 aromatic rings. The highest BCUT2D eigenvalue weighted by Crippen LogP contribution is 2.28. The summed E-state index contributed by atoms with van der Waals surface area (Å²) >= 11 is 0. The van der Waals surface area contributed by atoms with Crippen molar-refractivity contribution in [2.75, 3.05) is 41.8 Å². The molecule has 1 aliphatic rings. The smallest absolute Gasteiger partial charge is 0.249 e. The summed E-state index contributed by atoms with van der Waals surface area (Å²) < 4.78 is 5.47. The van der Waals surface area contributed by atoms with Crippen LogP contribution in [-0.4, -0.2) is 41.5 Å². The number of nitrogens with zero attached hydrogens (tertiary/aromatic N) is 4. The molecule has 29 heavy (non-hydrogen) atoms. The molecule has 7 nitrogen and oxygen atoms in total. The third-order valence-corrected chi connectivity index (χ3v) is 4.91. The van der Waals surface area contributed by atoms with Gasteiger partial charge in [0.15, 0.2) is 5.82 Å². The lowest BCUT2D eigenvalue weighted by Crippen LogP contribution is -2.36. The van der Waals surface area contributed by atoms with Crippen molar-refractivity contribution in [3.8, 4) is 0 Å². The highest BCUT2D eigenvalue weighted by molar-refractivity contribution is 5.73. The molecule has 4 rings (SSSR count). The van der Waals surface area contributed by atoms with Gasteiger partial charge in [-0.1, -0.05) is 38.1 Å². The van der Waals surface area contributed by atoms with Crippen LogP contribution in [0, 0.1) is 0 Å². The third-order valence-electron chi connectivity index (χ3n) is 4.91. The zero-order valence-corrected chi connectivity index (χ0v) is 16.8. The second-order valence-electron chi connectivity index (χ2n) is 7.31. The average molecular weight is 390 g/mol. The summed E-state index contributed by atoms with van der Waals surface area (Å²) in [5.74, 6) is 1.60. The van der Waals surface area contributed by atoms with Crippen molar-refractivity contribution in [3.63, 3.8) is 0 Å². The molecule has 0 radical (unpaired) electrons. The van der Waals surface area contributed by atoms with Gasteiger partial charge in [0.05, 0.1) is 30.8 Å². The molecule has 0 saturated carbocycles. The maximum Gasteiger partial charge on any atom is 0.249 e. The molecule has 7 heteroatoms. The summed E-state index contributed by atoms with van der Waals surface area (Å²) in [5, 5.41) is 14.8. The number of hydrogen-bond acceptors (Lipinski definition) is 7. The van der Waals surface area contributed by atoms with E-state index in [4.69, 9.17) is 4.74 Å². The van der Waals surface area contributed by atoms with Gasteiger partial charge in [-0.05, 0) is 35.7 Å². The number of benzene rings is 2. The van der Waals surface area contributed by atoms with E-state index in [1.54, 1.807) is 6.20 Å². The van der Waals surface area contributed by atoms with E-state index < -0.39 is 0 Å². The SMILES string of the molecule is CC(C)c1ccc(Nc2cnnc(Nc3ccccc3N3CCOCC3)n2)cc1. The fourth-order valence-corrected chi connectivity index (χ4v) is 3.30. The van der Waals surface area contributed by atoms with Gasteiger partial charge in [0.25, 0.3) is 0 Å². The van der Waals surface area contributed by atoms with Gasteiger partial charge in [-0.25, -0.2) is 0 Å². The number of anilines is 5. The van der Waals surface area contributed by atoms with Gasteiger partial charge in [0.1, 0.15) is 0 Å². The lowest BCUT2D eigenvalue weighted by Gasteiger charge is -2.30. The van der Waals surface area contributed by atoms with Crippen LogP contribution in [0.15, 0.2) is 54.7 Å². The number of hydrogen-bond donors (Lipinski definition) is 2. The molecule has 1 saturated heterocycles. The Hall–Kier alpha value is -3.19. The van der Waals surface area contributed by atoms with Crippen molar-refractivity contribution >= 4 is 28.8 Å². The van der Waals surface area contributed by atoms with Crippen LogP contribution in [0.4, 0.5) is 28.8 Å². The van der Waals surface area contributed by atoms with E-state index in [9.17, 15) is 0 Å². The number of aromatic nitrogens is 3. The van der Waals surface area contributed by atoms with Crippen LogP contribution in [-0.2, 0) is 4.74 Å². The first kappa shape index (κ1) is 19.1. The predicted octanol–water partition coefficient (Wildman–Crippen LogP) is 4.32. The molecule has 1 aliphatic heterocycles. The van der Waals surface area contributed by atoms with Gasteiger partial charge < -0.3 is 20.3 Å². The second kappa shape index (κ2) is 8.87. The van der Waals surface area contributed by atoms with E-state index >= 15 is 0 Å². The van der Waals surface area contributed by atoms with Crippen molar-refractivity contribution in [2.45, 2.75) is 19.8 Å². The summed E-state index contributed by atoms with van der Waals surface area (Å²) in [6, 6.07) is 16.5. The van der Waals surface area contributed by atoms with Crippen molar-refractivity contribution in [3.05, 3.63) is 60.3 Å². The fourth-order valence-electron chi connectivity index (χ4n) is 3.30. The molecule has 0 aliphatic carbocycles. The Balaban J connectivity index is 1.49. The second-order valence-corrected chi connectivity index (χ2v) is 7.31. The first-order valence-corrected chi connectivity index (χ1v) is 9.94. The van der Waals surface area contributed by atoms with Gasteiger partial charge in [0.2, 0.25) is 5.95 Å². The Labute approximate surface area is 171 Å². The first-order valence-electron chi connectivity index (χ1n) is 9.94. The van der Waals surface area contributed by atoms with Gasteiger partial charge in [0, 0.05) is 18.8 Å². The van der Waals surface area contributed by atoms with E-state index in [2.05, 4.69) is 74.9 Å². The summed E-state index contributed by atoms with van der Waals surface area (Å²) in [6.45, 7) is 7.58. The van der Waals surface area contributed by atoms with E-state index in [0.717, 1.165) is 43.4 Å². The lowest BCUT2D eigenvalue weighted by atomic mass is 10.0. The average Bonchev–Trinajstić information content (AvgIpc) is 2.75. The maximum absolute atomic E-state index is 5.47. The number of rotatable bonds is 6. The highest BCUT2D eigenvalue weighted by Gasteiger charge is 2.15. The van der Waals surface area contributed by atoms with E-state index in [1.165, 1.54) is 5.56 Å². The van der Waals surface area contributed by atoms with Crippen LogP contribution >= 0.6 is 0 Å². The number of morpholine rings is 1. The molecule has 0 atom stereocenters. The molecule has 0 spiro atoms. The molecular weight excluding hydrogens is 364 g/mol. The van der Waals surface area contributed by atoms with Crippen LogP contribution in [0.25, 0.3) is 0 Å². The molecule has 0 unspecified atom stereocenters. The summed E-state index contributed by atoms with van der Waals surface area (Å²) in [7, 11) is 0. The van der Waals surface area contributed by atoms with Crippen molar-refractivity contribution in [2.24, 2.45) is 0 Å². The monoisotopic (exact) mass is 390 g/mol. The standard InChI is InChI=1S/C22H26N6O/c1-16(2)17-7-9-18(10-8-17)24-21-15-23-27-22(26-21)25-19-5-3-4-6-20(19)28-11-13-29-14-12-28/h3-10,15-16H,11-14H2,1-2H3,(H2,24,25,26,27). The Bertz CT molecular complexity index is 938. The zero-order valence-electron chi connectivity index (χ0n) is 16.8. The third kappa shape index (κ3) is 4.81. The van der Waals surface area contributed by atoms with Crippen molar-refractivity contribution in [1.29, 1.82) is 0 Å². The van der Waals surface area contributed by atoms with Gasteiger partial charge >= 0.3 is 0 Å². The summed E-state index contributed by atoms with van der Waals surface area (Å²) in [5.41, 5.74) is 4.34. The first-order chi connectivity index (χ1) is 14.2. The number of ether oxygens (including phenoxy) is 1.